The van der Waals surface area contributed by atoms with Gasteiger partial charge >= 0.3 is 0 Å². The van der Waals surface area contributed by atoms with Crippen LogP contribution in [0.5, 0.6) is 0 Å². The zero-order chi connectivity index (χ0) is 16.2. The van der Waals surface area contributed by atoms with Gasteiger partial charge in [-0.3, -0.25) is 9.80 Å². The first-order chi connectivity index (χ1) is 11.3. The van der Waals surface area contributed by atoms with Crippen LogP contribution in [-0.2, 0) is 0 Å². The summed E-state index contributed by atoms with van der Waals surface area (Å²) in [6, 6.07) is 3.60. The Morgan fingerprint density at radius 2 is 1.35 bits per heavy atom. The van der Waals surface area contributed by atoms with E-state index in [1.165, 1.54) is 83.5 Å². The van der Waals surface area contributed by atoms with Crippen molar-refractivity contribution in [2.45, 2.75) is 135 Å². The number of unbranched alkanes of at least 4 members (excludes halogenated alkanes) is 2. The quantitative estimate of drug-likeness (QED) is 0.540. The van der Waals surface area contributed by atoms with E-state index >= 15 is 0 Å². The Morgan fingerprint density at radius 1 is 0.652 bits per heavy atom. The second-order valence-corrected chi connectivity index (χ2v) is 8.45. The molecule has 0 bridgehead atoms. The molecule has 134 valence electrons. The highest BCUT2D eigenvalue weighted by Gasteiger charge is 2.50. The molecule has 3 saturated heterocycles. The lowest BCUT2D eigenvalue weighted by Gasteiger charge is -2.51. The maximum atomic E-state index is 3.03. The first-order valence-corrected chi connectivity index (χ1v) is 10.8. The van der Waals surface area contributed by atoms with E-state index in [4.69, 9.17) is 0 Å². The van der Waals surface area contributed by atoms with Gasteiger partial charge in [0, 0.05) is 24.2 Å². The number of rotatable bonds is 8. The van der Waals surface area contributed by atoms with Crippen LogP contribution in [0.2, 0.25) is 0 Å². The minimum atomic E-state index is 0.802. The summed E-state index contributed by atoms with van der Waals surface area (Å²) >= 11 is 0. The van der Waals surface area contributed by atoms with Gasteiger partial charge in [0.05, 0.1) is 6.17 Å². The second-order valence-electron chi connectivity index (χ2n) is 8.45. The predicted molar refractivity (Wildman–Crippen MR) is 99.7 cm³/mol. The number of hydrogen-bond acceptors (Lipinski definition) is 2. The van der Waals surface area contributed by atoms with Gasteiger partial charge in [0.1, 0.15) is 0 Å². The molecule has 0 aromatic rings. The maximum absolute atomic E-state index is 3.03. The largest absolute Gasteiger partial charge is 0.282 e. The molecule has 5 atom stereocenters. The highest BCUT2D eigenvalue weighted by molar-refractivity contribution is 5.03. The summed E-state index contributed by atoms with van der Waals surface area (Å²) in [6.45, 7) is 7.09. The summed E-state index contributed by atoms with van der Waals surface area (Å²) in [7, 11) is 0. The summed E-state index contributed by atoms with van der Waals surface area (Å²) in [5.74, 6) is 0. The normalized spacial score (nSPS) is 38.0. The fraction of sp³-hybridized carbons (Fsp3) is 1.00. The summed E-state index contributed by atoms with van der Waals surface area (Å²) in [5.41, 5.74) is 0. The van der Waals surface area contributed by atoms with Crippen LogP contribution in [0.4, 0.5) is 0 Å². The summed E-state index contributed by atoms with van der Waals surface area (Å²) in [6.07, 6.45) is 19.4. The van der Waals surface area contributed by atoms with Crippen molar-refractivity contribution in [3.8, 4) is 0 Å². The van der Waals surface area contributed by atoms with Crippen molar-refractivity contribution in [2.24, 2.45) is 0 Å². The van der Waals surface area contributed by atoms with Crippen LogP contribution in [-0.4, -0.2) is 40.1 Å². The molecule has 0 aromatic heterocycles. The van der Waals surface area contributed by atoms with Crippen LogP contribution < -0.4 is 0 Å². The highest BCUT2D eigenvalue weighted by Crippen LogP contribution is 2.45. The molecule has 23 heavy (non-hydrogen) atoms. The van der Waals surface area contributed by atoms with Crippen LogP contribution in [0.25, 0.3) is 0 Å². The van der Waals surface area contributed by atoms with E-state index in [9.17, 15) is 0 Å². The molecule has 0 saturated carbocycles. The molecule has 0 spiro atoms. The lowest BCUT2D eigenvalue weighted by molar-refractivity contribution is -0.0653. The molecule has 0 radical (unpaired) electrons. The van der Waals surface area contributed by atoms with Crippen LogP contribution in [0.1, 0.15) is 104 Å². The van der Waals surface area contributed by atoms with Crippen molar-refractivity contribution in [1.29, 1.82) is 0 Å². The lowest BCUT2D eigenvalue weighted by Crippen LogP contribution is -2.61. The van der Waals surface area contributed by atoms with Gasteiger partial charge in [-0.2, -0.15) is 0 Å². The molecule has 3 fully saturated rings. The van der Waals surface area contributed by atoms with E-state index < -0.39 is 0 Å². The van der Waals surface area contributed by atoms with E-state index in [1.54, 1.807) is 0 Å². The fourth-order valence-corrected chi connectivity index (χ4v) is 6.02. The third-order valence-corrected chi connectivity index (χ3v) is 6.89. The van der Waals surface area contributed by atoms with E-state index in [0.29, 0.717) is 0 Å². The van der Waals surface area contributed by atoms with Crippen molar-refractivity contribution in [3.05, 3.63) is 0 Å². The topological polar surface area (TPSA) is 6.48 Å². The van der Waals surface area contributed by atoms with Gasteiger partial charge in [0.15, 0.2) is 0 Å². The molecule has 0 aliphatic carbocycles. The third-order valence-electron chi connectivity index (χ3n) is 6.89. The molecule has 3 aliphatic rings. The third kappa shape index (κ3) is 3.63. The summed E-state index contributed by atoms with van der Waals surface area (Å²) in [4.78, 5) is 6.04. The molecule has 2 heteroatoms. The molecule has 3 heterocycles. The molecule has 0 unspecified atom stereocenters. The average Bonchev–Trinajstić information content (AvgIpc) is 3.13. The smallest absolute Gasteiger partial charge is 0.0632 e. The fourth-order valence-electron chi connectivity index (χ4n) is 6.02. The van der Waals surface area contributed by atoms with Crippen LogP contribution in [0.3, 0.4) is 0 Å². The molecular weight excluding hydrogens is 280 g/mol. The zero-order valence-electron chi connectivity index (χ0n) is 16.0. The standard InChI is InChI=1S/C21H40N2/c1-4-7-8-11-19-16-20-13-12-17(9-5-2)23(20)21-15-14-18(10-6-3)22(19)21/h17-21H,4-16H2,1-3H3/t17-,18-,19+,20-,21+/m0/s1. The molecule has 3 rings (SSSR count). The Labute approximate surface area is 145 Å². The van der Waals surface area contributed by atoms with Gasteiger partial charge in [0.2, 0.25) is 0 Å². The highest BCUT2D eigenvalue weighted by atomic mass is 15.4. The van der Waals surface area contributed by atoms with Crippen molar-refractivity contribution in [2.75, 3.05) is 0 Å². The monoisotopic (exact) mass is 320 g/mol. The van der Waals surface area contributed by atoms with Gasteiger partial charge in [-0.25, -0.2) is 0 Å². The van der Waals surface area contributed by atoms with Gasteiger partial charge in [-0.15, -0.1) is 0 Å². The second kappa shape index (κ2) is 8.34. The van der Waals surface area contributed by atoms with Gasteiger partial charge in [-0.05, 0) is 51.4 Å². The van der Waals surface area contributed by atoms with E-state index in [0.717, 1.165) is 30.3 Å². The molecule has 0 N–H and O–H groups in total. The molecule has 2 nitrogen and oxygen atoms in total. The lowest BCUT2D eigenvalue weighted by atomic mass is 9.93. The summed E-state index contributed by atoms with van der Waals surface area (Å²) < 4.78 is 0. The van der Waals surface area contributed by atoms with Crippen LogP contribution >= 0.6 is 0 Å². The maximum Gasteiger partial charge on any atom is 0.0632 e. The van der Waals surface area contributed by atoms with Gasteiger partial charge < -0.3 is 0 Å². The van der Waals surface area contributed by atoms with E-state index in [-0.39, 0.29) is 0 Å². The number of nitrogens with zero attached hydrogens (tertiary/aromatic N) is 2. The number of hydrogen-bond donors (Lipinski definition) is 0. The Kier molecular flexibility index (Phi) is 6.43. The van der Waals surface area contributed by atoms with E-state index in [1.807, 2.05) is 0 Å². The van der Waals surface area contributed by atoms with Crippen molar-refractivity contribution in [1.82, 2.24) is 9.80 Å². The van der Waals surface area contributed by atoms with Crippen molar-refractivity contribution in [3.63, 3.8) is 0 Å². The van der Waals surface area contributed by atoms with Crippen LogP contribution in [0, 0.1) is 0 Å². The Bertz CT molecular complexity index is 356. The Balaban J connectivity index is 1.73. The SMILES string of the molecule is CCCCC[C@@H]1C[C@@H]2CC[C@H](CCC)N2[C@@H]2CC[C@H](CCC)N12. The molecule has 0 amide bonds. The van der Waals surface area contributed by atoms with Crippen molar-refractivity contribution >= 4 is 0 Å². The van der Waals surface area contributed by atoms with E-state index in [2.05, 4.69) is 30.6 Å². The summed E-state index contributed by atoms with van der Waals surface area (Å²) in [5, 5.41) is 0. The minimum Gasteiger partial charge on any atom is -0.282 e. The first-order valence-electron chi connectivity index (χ1n) is 10.8. The van der Waals surface area contributed by atoms with Gasteiger partial charge in [-0.1, -0.05) is 52.9 Å². The van der Waals surface area contributed by atoms with Crippen molar-refractivity contribution < 1.29 is 0 Å². The Hall–Kier alpha value is -0.0800. The number of fused-ring (bicyclic) bond motifs is 3. The minimum absolute atomic E-state index is 0.802. The predicted octanol–water partition coefficient (Wildman–Crippen LogP) is 5.56. The first kappa shape index (κ1) is 17.7. The average molecular weight is 321 g/mol. The van der Waals surface area contributed by atoms with Crippen LogP contribution in [0.15, 0.2) is 0 Å². The molecular formula is C21H40N2. The molecule has 0 aromatic carbocycles. The zero-order valence-corrected chi connectivity index (χ0v) is 16.0. The molecule has 3 aliphatic heterocycles. The Morgan fingerprint density at radius 3 is 2.04 bits per heavy atom. The van der Waals surface area contributed by atoms with Gasteiger partial charge in [0.25, 0.3) is 0 Å².